The van der Waals surface area contributed by atoms with Gasteiger partial charge in [-0.1, -0.05) is 23.2 Å². The molecule has 2 aromatic rings. The largest absolute Gasteiger partial charge is 0.354 e. The number of nitrogens with zero attached hydrogens (tertiary/aromatic N) is 1. The second-order valence-electron chi connectivity index (χ2n) is 4.99. The van der Waals surface area contributed by atoms with Gasteiger partial charge in [-0.25, -0.2) is 0 Å². The van der Waals surface area contributed by atoms with E-state index in [0.29, 0.717) is 27.3 Å². The molecular weight excluding hydrogens is 309 g/mol. The zero-order chi connectivity index (χ0) is 14.8. The summed E-state index contributed by atoms with van der Waals surface area (Å²) in [6.07, 6.45) is 5.30. The van der Waals surface area contributed by atoms with Crippen LogP contribution in [0.2, 0.25) is 10.0 Å². The zero-order valence-electron chi connectivity index (χ0n) is 11.1. The van der Waals surface area contributed by atoms with E-state index in [4.69, 9.17) is 23.2 Å². The van der Waals surface area contributed by atoms with Crippen LogP contribution in [0.5, 0.6) is 0 Å². The first-order valence-corrected chi connectivity index (χ1v) is 7.35. The SMILES string of the molecule is O=C(NC1CC1)c1cncc(Nc2cc(Cl)cc(Cl)c2)c1. The maximum absolute atomic E-state index is 12.0. The van der Waals surface area contributed by atoms with Gasteiger partial charge in [0.05, 0.1) is 17.4 Å². The van der Waals surface area contributed by atoms with E-state index in [1.807, 2.05) is 0 Å². The highest BCUT2D eigenvalue weighted by molar-refractivity contribution is 6.35. The third kappa shape index (κ3) is 3.86. The first kappa shape index (κ1) is 14.2. The Kier molecular flexibility index (Phi) is 3.99. The Morgan fingerprint density at radius 2 is 1.76 bits per heavy atom. The van der Waals surface area contributed by atoms with Crippen LogP contribution in [0.1, 0.15) is 23.2 Å². The number of hydrogen-bond acceptors (Lipinski definition) is 3. The molecule has 3 rings (SSSR count). The smallest absolute Gasteiger partial charge is 0.253 e. The fourth-order valence-corrected chi connectivity index (χ4v) is 2.45. The van der Waals surface area contributed by atoms with Gasteiger partial charge in [-0.3, -0.25) is 9.78 Å². The van der Waals surface area contributed by atoms with Crippen molar-refractivity contribution < 1.29 is 4.79 Å². The van der Waals surface area contributed by atoms with Crippen molar-refractivity contribution in [3.8, 4) is 0 Å². The highest BCUT2D eigenvalue weighted by Gasteiger charge is 2.23. The van der Waals surface area contributed by atoms with Crippen LogP contribution in [0.4, 0.5) is 11.4 Å². The minimum atomic E-state index is -0.0993. The first-order chi connectivity index (χ1) is 10.1. The maximum Gasteiger partial charge on any atom is 0.253 e. The standard InChI is InChI=1S/C15H13Cl2N3O/c16-10-4-11(17)6-13(5-10)19-14-3-9(7-18-8-14)15(21)20-12-1-2-12/h3-8,12,19H,1-2H2,(H,20,21). The minimum absolute atomic E-state index is 0.0993. The Hall–Kier alpha value is -1.78. The molecule has 0 radical (unpaired) electrons. The van der Waals surface area contributed by atoms with E-state index in [0.717, 1.165) is 18.5 Å². The van der Waals surface area contributed by atoms with Gasteiger partial charge in [-0.05, 0) is 37.1 Å². The molecule has 0 bridgehead atoms. The van der Waals surface area contributed by atoms with Crippen molar-refractivity contribution in [3.05, 3.63) is 52.3 Å². The number of nitrogens with one attached hydrogen (secondary N) is 2. The molecule has 1 aromatic carbocycles. The van der Waals surface area contributed by atoms with Crippen LogP contribution in [-0.2, 0) is 0 Å². The molecule has 6 heteroatoms. The molecule has 0 unspecified atom stereocenters. The monoisotopic (exact) mass is 321 g/mol. The molecule has 1 aromatic heterocycles. The first-order valence-electron chi connectivity index (χ1n) is 6.59. The molecule has 1 saturated carbocycles. The number of benzene rings is 1. The van der Waals surface area contributed by atoms with Gasteiger partial charge in [0.15, 0.2) is 0 Å². The van der Waals surface area contributed by atoms with Crippen molar-refractivity contribution in [1.82, 2.24) is 10.3 Å². The average molecular weight is 322 g/mol. The lowest BCUT2D eigenvalue weighted by Crippen LogP contribution is -2.25. The summed E-state index contributed by atoms with van der Waals surface area (Å²) >= 11 is 11.9. The molecule has 0 spiro atoms. The number of carbonyl (C=O) groups excluding carboxylic acids is 1. The number of pyridine rings is 1. The molecular formula is C15H13Cl2N3O. The summed E-state index contributed by atoms with van der Waals surface area (Å²) in [5, 5.41) is 7.15. The molecule has 0 atom stereocenters. The summed E-state index contributed by atoms with van der Waals surface area (Å²) in [6, 6.07) is 7.24. The molecule has 1 aliphatic rings. The summed E-state index contributed by atoms with van der Waals surface area (Å²) < 4.78 is 0. The predicted octanol–water partition coefficient (Wildman–Crippen LogP) is 4.02. The second kappa shape index (κ2) is 5.92. The molecule has 4 nitrogen and oxygen atoms in total. The van der Waals surface area contributed by atoms with Crippen molar-refractivity contribution in [3.63, 3.8) is 0 Å². The Morgan fingerprint density at radius 3 is 2.43 bits per heavy atom. The average Bonchev–Trinajstić information content (AvgIpc) is 3.21. The summed E-state index contributed by atoms with van der Waals surface area (Å²) in [5.74, 6) is -0.0993. The minimum Gasteiger partial charge on any atom is -0.354 e. The molecule has 108 valence electrons. The summed E-state index contributed by atoms with van der Waals surface area (Å²) in [7, 11) is 0. The van der Waals surface area contributed by atoms with Crippen molar-refractivity contribution in [2.45, 2.75) is 18.9 Å². The maximum atomic E-state index is 12.0. The van der Waals surface area contributed by atoms with Crippen molar-refractivity contribution in [2.75, 3.05) is 5.32 Å². The van der Waals surface area contributed by atoms with Gasteiger partial charge in [0, 0.05) is 28.0 Å². The molecule has 1 amide bonds. The normalized spacial score (nSPS) is 13.8. The van der Waals surface area contributed by atoms with Crippen molar-refractivity contribution in [1.29, 1.82) is 0 Å². The lowest BCUT2D eigenvalue weighted by atomic mass is 10.2. The van der Waals surface area contributed by atoms with Crippen LogP contribution in [0.25, 0.3) is 0 Å². The van der Waals surface area contributed by atoms with E-state index in [1.165, 1.54) is 0 Å². The van der Waals surface area contributed by atoms with Gasteiger partial charge in [0.1, 0.15) is 0 Å². The second-order valence-corrected chi connectivity index (χ2v) is 5.87. The van der Waals surface area contributed by atoms with Crippen LogP contribution >= 0.6 is 23.2 Å². The van der Waals surface area contributed by atoms with Crippen LogP contribution in [0.15, 0.2) is 36.7 Å². The number of aromatic nitrogens is 1. The number of carbonyl (C=O) groups is 1. The number of anilines is 2. The fourth-order valence-electron chi connectivity index (χ4n) is 1.92. The predicted molar refractivity (Wildman–Crippen MR) is 84.5 cm³/mol. The molecule has 1 heterocycles. The Morgan fingerprint density at radius 1 is 1.05 bits per heavy atom. The van der Waals surface area contributed by atoms with E-state index in [1.54, 1.807) is 36.7 Å². The van der Waals surface area contributed by atoms with E-state index in [2.05, 4.69) is 15.6 Å². The number of hydrogen-bond donors (Lipinski definition) is 2. The fraction of sp³-hybridized carbons (Fsp3) is 0.200. The highest BCUT2D eigenvalue weighted by Crippen LogP contribution is 2.25. The number of rotatable bonds is 4. The van der Waals surface area contributed by atoms with Crippen LogP contribution in [-0.4, -0.2) is 16.9 Å². The van der Waals surface area contributed by atoms with E-state index in [-0.39, 0.29) is 5.91 Å². The van der Waals surface area contributed by atoms with Crippen molar-refractivity contribution >= 4 is 40.5 Å². The topological polar surface area (TPSA) is 54.0 Å². The third-order valence-corrected chi connectivity index (χ3v) is 3.50. The van der Waals surface area contributed by atoms with E-state index >= 15 is 0 Å². The lowest BCUT2D eigenvalue weighted by molar-refractivity contribution is 0.0951. The highest BCUT2D eigenvalue weighted by atomic mass is 35.5. The van der Waals surface area contributed by atoms with Gasteiger partial charge in [-0.2, -0.15) is 0 Å². The third-order valence-electron chi connectivity index (χ3n) is 3.06. The molecule has 1 fully saturated rings. The summed E-state index contributed by atoms with van der Waals surface area (Å²) in [5.41, 5.74) is 1.98. The number of halogens is 2. The molecule has 2 N–H and O–H groups in total. The summed E-state index contributed by atoms with van der Waals surface area (Å²) in [4.78, 5) is 16.1. The van der Waals surface area contributed by atoms with Gasteiger partial charge in [0.25, 0.3) is 5.91 Å². The van der Waals surface area contributed by atoms with Crippen LogP contribution in [0, 0.1) is 0 Å². The zero-order valence-corrected chi connectivity index (χ0v) is 12.6. The molecule has 0 saturated heterocycles. The van der Waals surface area contributed by atoms with Crippen LogP contribution < -0.4 is 10.6 Å². The van der Waals surface area contributed by atoms with Gasteiger partial charge >= 0.3 is 0 Å². The lowest BCUT2D eigenvalue weighted by Gasteiger charge is -2.09. The summed E-state index contributed by atoms with van der Waals surface area (Å²) in [6.45, 7) is 0. The molecule has 21 heavy (non-hydrogen) atoms. The number of amides is 1. The van der Waals surface area contributed by atoms with Gasteiger partial charge in [0.2, 0.25) is 0 Å². The van der Waals surface area contributed by atoms with Gasteiger partial charge in [-0.15, -0.1) is 0 Å². The van der Waals surface area contributed by atoms with Gasteiger partial charge < -0.3 is 10.6 Å². The Labute approximate surface area is 132 Å². The van der Waals surface area contributed by atoms with Crippen LogP contribution in [0.3, 0.4) is 0 Å². The Balaban J connectivity index is 1.77. The molecule has 1 aliphatic carbocycles. The Bertz CT molecular complexity index is 666. The van der Waals surface area contributed by atoms with Crippen molar-refractivity contribution in [2.24, 2.45) is 0 Å². The van der Waals surface area contributed by atoms with E-state index in [9.17, 15) is 4.79 Å². The molecule has 0 aliphatic heterocycles. The van der Waals surface area contributed by atoms with E-state index < -0.39 is 0 Å². The quantitative estimate of drug-likeness (QED) is 0.894.